The zero-order valence-electron chi connectivity index (χ0n) is 26.1. The van der Waals surface area contributed by atoms with Gasteiger partial charge in [-0.05, 0) is 63.9 Å². The molecule has 0 bridgehead atoms. The number of nitrogens with zero attached hydrogens (tertiary/aromatic N) is 4. The number of rotatable bonds is 8. The first kappa shape index (κ1) is 30.6. The number of piperazine rings is 1. The smallest absolute Gasteiger partial charge is 0.410 e. The van der Waals surface area contributed by atoms with E-state index in [1.807, 2.05) is 44.7 Å². The van der Waals surface area contributed by atoms with Crippen LogP contribution in [0.15, 0.2) is 48.5 Å². The predicted molar refractivity (Wildman–Crippen MR) is 172 cm³/mol. The Morgan fingerprint density at radius 2 is 1.70 bits per heavy atom. The van der Waals surface area contributed by atoms with Gasteiger partial charge in [-0.3, -0.25) is 4.90 Å². The van der Waals surface area contributed by atoms with Gasteiger partial charge in [0.25, 0.3) is 0 Å². The molecule has 2 aromatic carbocycles. The molecule has 228 valence electrons. The maximum Gasteiger partial charge on any atom is 0.410 e. The maximum atomic E-state index is 12.5. The molecular formula is C33H41N5O4S. The number of nitrogens with one attached hydrogen (secondary N) is 1. The summed E-state index contributed by atoms with van der Waals surface area (Å²) in [5, 5.41) is 4.49. The first-order chi connectivity index (χ1) is 20.5. The molecule has 1 amide bonds. The van der Waals surface area contributed by atoms with Gasteiger partial charge < -0.3 is 24.4 Å². The highest BCUT2D eigenvalue weighted by molar-refractivity contribution is 7.15. The normalized spacial score (nSPS) is 14.9. The number of amides is 1. The number of thiophene rings is 1. The van der Waals surface area contributed by atoms with Crippen molar-refractivity contribution in [3.8, 4) is 21.9 Å². The lowest BCUT2D eigenvalue weighted by molar-refractivity contribution is 0.0139. The highest BCUT2D eigenvalue weighted by Crippen LogP contribution is 2.38. The predicted octanol–water partition coefficient (Wildman–Crippen LogP) is 6.91. The third kappa shape index (κ3) is 7.19. The number of carbonyl (C=O) groups is 1. The fourth-order valence-electron chi connectivity index (χ4n) is 5.24. The largest absolute Gasteiger partial charge is 0.493 e. The van der Waals surface area contributed by atoms with Crippen molar-refractivity contribution >= 4 is 34.2 Å². The topological polar surface area (TPSA) is 89.1 Å². The van der Waals surface area contributed by atoms with Crippen LogP contribution >= 0.6 is 11.3 Å². The fraction of sp³-hybridized carbons (Fsp3) is 0.424. The van der Waals surface area contributed by atoms with Gasteiger partial charge in [-0.2, -0.15) is 0 Å². The van der Waals surface area contributed by atoms with E-state index in [0.29, 0.717) is 30.4 Å². The van der Waals surface area contributed by atoms with E-state index in [1.54, 1.807) is 25.6 Å². The summed E-state index contributed by atoms with van der Waals surface area (Å²) in [6, 6.07) is 16.8. The van der Waals surface area contributed by atoms with Gasteiger partial charge in [-0.1, -0.05) is 24.3 Å². The minimum Gasteiger partial charge on any atom is -0.493 e. The van der Waals surface area contributed by atoms with Gasteiger partial charge in [0.15, 0.2) is 11.5 Å². The molecule has 0 aliphatic carbocycles. The molecule has 10 heteroatoms. The van der Waals surface area contributed by atoms with E-state index in [0.717, 1.165) is 36.4 Å². The third-order valence-corrected chi connectivity index (χ3v) is 8.72. The van der Waals surface area contributed by atoms with Crippen molar-refractivity contribution < 1.29 is 19.0 Å². The van der Waals surface area contributed by atoms with Crippen molar-refractivity contribution in [1.29, 1.82) is 0 Å². The van der Waals surface area contributed by atoms with E-state index in [-0.39, 0.29) is 12.1 Å². The second kappa shape index (κ2) is 12.8. The molecule has 1 N–H and O–H groups in total. The molecule has 1 atom stereocenters. The van der Waals surface area contributed by atoms with E-state index in [1.165, 1.54) is 20.9 Å². The summed E-state index contributed by atoms with van der Waals surface area (Å²) in [6.45, 7) is 13.5. The van der Waals surface area contributed by atoms with Crippen LogP contribution in [0.4, 0.5) is 10.6 Å². The summed E-state index contributed by atoms with van der Waals surface area (Å²) in [7, 11) is 3.25. The highest BCUT2D eigenvalue weighted by atomic mass is 32.1. The molecule has 1 aliphatic heterocycles. The lowest BCUT2D eigenvalue weighted by atomic mass is 10.1. The van der Waals surface area contributed by atoms with Crippen molar-refractivity contribution in [3.63, 3.8) is 0 Å². The number of ether oxygens (including phenoxy) is 3. The Labute approximate surface area is 257 Å². The van der Waals surface area contributed by atoms with Crippen molar-refractivity contribution in [2.24, 2.45) is 0 Å². The molecule has 0 saturated carbocycles. The van der Waals surface area contributed by atoms with E-state index in [2.05, 4.69) is 58.5 Å². The summed E-state index contributed by atoms with van der Waals surface area (Å²) in [4.78, 5) is 28.5. The minimum atomic E-state index is -0.483. The van der Waals surface area contributed by atoms with Crippen LogP contribution in [0, 0.1) is 6.92 Å². The second-order valence-electron chi connectivity index (χ2n) is 11.8. The number of aryl methyl sites for hydroxylation is 1. The number of hydrogen-bond acceptors (Lipinski definition) is 9. The van der Waals surface area contributed by atoms with Crippen molar-refractivity contribution in [2.75, 3.05) is 45.7 Å². The quantitative estimate of drug-likeness (QED) is 0.232. The van der Waals surface area contributed by atoms with Crippen molar-refractivity contribution in [3.05, 3.63) is 64.8 Å². The molecule has 1 aliphatic rings. The van der Waals surface area contributed by atoms with Crippen LogP contribution in [0.3, 0.4) is 0 Å². The molecule has 1 saturated heterocycles. The van der Waals surface area contributed by atoms with E-state index < -0.39 is 5.60 Å². The first-order valence-electron chi connectivity index (χ1n) is 14.6. The second-order valence-corrected chi connectivity index (χ2v) is 12.9. The number of methoxy groups -OCH3 is 2. The van der Waals surface area contributed by atoms with Gasteiger partial charge in [-0.15, -0.1) is 11.3 Å². The molecular weight excluding hydrogens is 562 g/mol. The standard InChI is InChI=1S/C33H41N5O4S/c1-21(34-31-25-18-27(40-6)28(41-7)19-26(25)35-22(2)36-31)29-12-13-30(43-29)24-11-9-8-10-23(24)20-37-14-16-38(17-15-37)32(39)42-33(3,4)5/h8-13,18-19,21H,14-17,20H2,1-7H3,(H,34,35,36). The summed E-state index contributed by atoms with van der Waals surface area (Å²) in [5.41, 5.74) is 2.83. The molecule has 0 radical (unpaired) electrons. The summed E-state index contributed by atoms with van der Waals surface area (Å²) in [6.07, 6.45) is -0.231. The van der Waals surface area contributed by atoms with Crippen LogP contribution in [0.1, 0.15) is 50.0 Å². The Kier molecular flexibility index (Phi) is 9.08. The van der Waals surface area contributed by atoms with Crippen molar-refractivity contribution in [1.82, 2.24) is 19.8 Å². The van der Waals surface area contributed by atoms with Gasteiger partial charge >= 0.3 is 6.09 Å². The third-order valence-electron chi connectivity index (χ3n) is 7.42. The Balaban J connectivity index is 1.29. The summed E-state index contributed by atoms with van der Waals surface area (Å²) >= 11 is 1.78. The molecule has 3 heterocycles. The van der Waals surface area contributed by atoms with Crippen LogP contribution in [0.25, 0.3) is 21.3 Å². The summed E-state index contributed by atoms with van der Waals surface area (Å²) < 4.78 is 16.6. The zero-order chi connectivity index (χ0) is 30.7. The van der Waals surface area contributed by atoms with Gasteiger partial charge in [-0.25, -0.2) is 14.8 Å². The van der Waals surface area contributed by atoms with Gasteiger partial charge in [0.05, 0.1) is 25.8 Å². The monoisotopic (exact) mass is 603 g/mol. The molecule has 5 rings (SSSR count). The van der Waals surface area contributed by atoms with Crippen LogP contribution in [0.5, 0.6) is 11.5 Å². The van der Waals surface area contributed by atoms with Crippen LogP contribution in [-0.2, 0) is 11.3 Å². The molecule has 1 fully saturated rings. The number of fused-ring (bicyclic) bond motifs is 1. The molecule has 4 aromatic rings. The van der Waals surface area contributed by atoms with Gasteiger partial charge in [0.2, 0.25) is 0 Å². The number of carbonyl (C=O) groups excluding carboxylic acids is 1. The Morgan fingerprint density at radius 1 is 1.00 bits per heavy atom. The maximum absolute atomic E-state index is 12.5. The number of anilines is 1. The molecule has 43 heavy (non-hydrogen) atoms. The lowest BCUT2D eigenvalue weighted by Gasteiger charge is -2.35. The molecule has 9 nitrogen and oxygen atoms in total. The molecule has 0 spiro atoms. The van der Waals surface area contributed by atoms with E-state index in [9.17, 15) is 4.79 Å². The van der Waals surface area contributed by atoms with Gasteiger partial charge in [0, 0.05) is 53.9 Å². The van der Waals surface area contributed by atoms with E-state index in [4.69, 9.17) is 19.2 Å². The number of aromatic nitrogens is 2. The fourth-order valence-corrected chi connectivity index (χ4v) is 6.31. The summed E-state index contributed by atoms with van der Waals surface area (Å²) in [5.74, 6) is 2.72. The van der Waals surface area contributed by atoms with Crippen molar-refractivity contribution in [2.45, 2.75) is 52.8 Å². The Bertz CT molecular complexity index is 1590. The van der Waals surface area contributed by atoms with E-state index >= 15 is 0 Å². The molecule has 1 unspecified atom stereocenters. The number of hydrogen-bond donors (Lipinski definition) is 1. The average Bonchev–Trinajstić information content (AvgIpc) is 3.46. The van der Waals surface area contributed by atoms with Crippen LogP contribution in [0.2, 0.25) is 0 Å². The molecule has 2 aromatic heterocycles. The zero-order valence-corrected chi connectivity index (χ0v) is 26.9. The van der Waals surface area contributed by atoms with Gasteiger partial charge in [0.1, 0.15) is 17.2 Å². The highest BCUT2D eigenvalue weighted by Gasteiger charge is 2.26. The number of benzene rings is 2. The lowest BCUT2D eigenvalue weighted by Crippen LogP contribution is -2.49. The Hall–Kier alpha value is -3.89. The SMILES string of the molecule is COc1cc2nc(C)nc(NC(C)c3ccc(-c4ccccc4CN4CCN(C(=O)OC(C)(C)C)CC4)s3)c2cc1OC. The minimum absolute atomic E-state index is 0.0254. The van der Waals surface area contributed by atoms with Crippen LogP contribution < -0.4 is 14.8 Å². The first-order valence-corrected chi connectivity index (χ1v) is 15.4. The Morgan fingerprint density at radius 3 is 2.40 bits per heavy atom. The van der Waals surface area contributed by atoms with Crippen LogP contribution in [-0.4, -0.2) is 71.9 Å². The average molecular weight is 604 g/mol.